The number of para-hydroxylation sites is 1. The van der Waals surface area contributed by atoms with E-state index in [0.717, 1.165) is 23.2 Å². The highest BCUT2D eigenvalue weighted by atomic mass is 16.5. The van der Waals surface area contributed by atoms with Crippen LogP contribution in [-0.4, -0.2) is 42.2 Å². The lowest BCUT2D eigenvalue weighted by atomic mass is 10.1. The first-order valence-electron chi connectivity index (χ1n) is 10.3. The molecule has 0 amide bonds. The van der Waals surface area contributed by atoms with Gasteiger partial charge in [-0.15, -0.1) is 0 Å². The molecule has 0 saturated carbocycles. The van der Waals surface area contributed by atoms with E-state index in [2.05, 4.69) is 33.7 Å². The molecule has 29 heavy (non-hydrogen) atoms. The molecule has 4 rings (SSSR count). The molecule has 0 bridgehead atoms. The first-order valence-corrected chi connectivity index (χ1v) is 10.3. The van der Waals surface area contributed by atoms with E-state index in [1.165, 1.54) is 45.0 Å². The fourth-order valence-electron chi connectivity index (χ4n) is 4.01. The van der Waals surface area contributed by atoms with Crippen molar-refractivity contribution < 1.29 is 14.3 Å². The van der Waals surface area contributed by atoms with Crippen molar-refractivity contribution in [3.63, 3.8) is 0 Å². The van der Waals surface area contributed by atoms with Gasteiger partial charge in [0, 0.05) is 23.8 Å². The number of ether oxygens (including phenoxy) is 2. The quantitative estimate of drug-likeness (QED) is 0.556. The normalized spacial score (nSPS) is 14.8. The minimum atomic E-state index is -0.317. The lowest BCUT2D eigenvalue weighted by molar-refractivity contribution is 0.0601. The van der Waals surface area contributed by atoms with Crippen LogP contribution in [0.5, 0.6) is 5.75 Å². The van der Waals surface area contributed by atoms with Gasteiger partial charge in [0.15, 0.2) is 0 Å². The van der Waals surface area contributed by atoms with Crippen LogP contribution in [0.25, 0.3) is 10.9 Å². The number of benzene rings is 2. The molecule has 2 heterocycles. The zero-order chi connectivity index (χ0) is 20.1. The molecule has 3 aromatic rings. The summed E-state index contributed by atoms with van der Waals surface area (Å²) in [7, 11) is 1.40. The van der Waals surface area contributed by atoms with E-state index in [1.54, 1.807) is 6.07 Å². The van der Waals surface area contributed by atoms with Gasteiger partial charge in [0.1, 0.15) is 12.4 Å². The molecule has 5 heteroatoms. The number of hydrogen-bond acceptors (Lipinski definition) is 4. The summed E-state index contributed by atoms with van der Waals surface area (Å²) in [5, 5.41) is 1.10. The minimum Gasteiger partial charge on any atom is -0.491 e. The van der Waals surface area contributed by atoms with Crippen molar-refractivity contribution in [2.45, 2.75) is 32.4 Å². The Morgan fingerprint density at radius 1 is 1.03 bits per heavy atom. The monoisotopic (exact) mass is 392 g/mol. The summed E-state index contributed by atoms with van der Waals surface area (Å²) in [5.41, 5.74) is 2.82. The van der Waals surface area contributed by atoms with E-state index in [9.17, 15) is 4.79 Å². The van der Waals surface area contributed by atoms with Gasteiger partial charge in [-0.1, -0.05) is 30.7 Å². The Morgan fingerprint density at radius 2 is 1.86 bits per heavy atom. The van der Waals surface area contributed by atoms with Crippen molar-refractivity contribution in [1.82, 2.24) is 9.47 Å². The van der Waals surface area contributed by atoms with Crippen LogP contribution in [0.3, 0.4) is 0 Å². The van der Waals surface area contributed by atoms with Crippen molar-refractivity contribution in [2.24, 2.45) is 0 Å². The maximum atomic E-state index is 11.8. The molecule has 1 fully saturated rings. The fourth-order valence-corrected chi connectivity index (χ4v) is 4.01. The van der Waals surface area contributed by atoms with Crippen molar-refractivity contribution in [2.75, 3.05) is 26.8 Å². The maximum Gasteiger partial charge on any atom is 0.337 e. The first kappa shape index (κ1) is 19.5. The van der Waals surface area contributed by atoms with E-state index in [4.69, 9.17) is 9.47 Å². The molecule has 1 aliphatic heterocycles. The zero-order valence-corrected chi connectivity index (χ0v) is 17.0. The van der Waals surface area contributed by atoms with Crippen LogP contribution in [0.4, 0.5) is 0 Å². The molecular formula is C24H28N2O3. The maximum absolute atomic E-state index is 11.8. The predicted octanol–water partition coefficient (Wildman–Crippen LogP) is 4.49. The summed E-state index contributed by atoms with van der Waals surface area (Å²) < 4.78 is 13.1. The first-order chi connectivity index (χ1) is 14.2. The van der Waals surface area contributed by atoms with Gasteiger partial charge in [-0.3, -0.25) is 4.90 Å². The second-order valence-electron chi connectivity index (χ2n) is 7.57. The number of carbonyl (C=O) groups excluding carboxylic acids is 1. The average Bonchev–Trinajstić information content (AvgIpc) is 3.17. The summed E-state index contributed by atoms with van der Waals surface area (Å²) >= 11 is 0. The summed E-state index contributed by atoms with van der Waals surface area (Å²) in [5.74, 6) is 0.646. The third-order valence-electron chi connectivity index (χ3n) is 5.60. The molecule has 0 radical (unpaired) electrons. The number of nitrogens with zero attached hydrogens (tertiary/aromatic N) is 2. The molecule has 2 aromatic carbocycles. The van der Waals surface area contributed by atoms with Crippen LogP contribution in [0, 0.1) is 0 Å². The Morgan fingerprint density at radius 3 is 2.69 bits per heavy atom. The summed E-state index contributed by atoms with van der Waals surface area (Å²) in [4.78, 5) is 14.3. The van der Waals surface area contributed by atoms with Crippen molar-refractivity contribution in [3.05, 3.63) is 65.9 Å². The van der Waals surface area contributed by atoms with Gasteiger partial charge in [0.2, 0.25) is 0 Å². The van der Waals surface area contributed by atoms with Gasteiger partial charge >= 0.3 is 5.97 Å². The van der Waals surface area contributed by atoms with E-state index >= 15 is 0 Å². The lowest BCUT2D eigenvalue weighted by Crippen LogP contribution is -2.29. The number of fused-ring (bicyclic) bond motifs is 1. The number of hydrogen-bond donors (Lipinski definition) is 0. The Balaban J connectivity index is 1.42. The van der Waals surface area contributed by atoms with E-state index in [-0.39, 0.29) is 5.97 Å². The predicted molar refractivity (Wildman–Crippen MR) is 114 cm³/mol. The SMILES string of the molecule is COC(=O)c1ccc2ccn(CCOc3ccccc3CN3CCCCC3)c2c1. The van der Waals surface area contributed by atoms with Gasteiger partial charge in [-0.25, -0.2) is 4.79 Å². The number of rotatable bonds is 7. The molecule has 1 saturated heterocycles. The molecule has 152 valence electrons. The topological polar surface area (TPSA) is 43.7 Å². The van der Waals surface area contributed by atoms with Crippen LogP contribution in [0.2, 0.25) is 0 Å². The highest BCUT2D eigenvalue weighted by molar-refractivity contribution is 5.94. The number of carbonyl (C=O) groups is 1. The minimum absolute atomic E-state index is 0.317. The smallest absolute Gasteiger partial charge is 0.337 e. The molecule has 1 aliphatic rings. The Labute approximate surface area is 171 Å². The number of piperidine rings is 1. The Kier molecular flexibility index (Phi) is 6.15. The van der Waals surface area contributed by atoms with Crippen molar-refractivity contribution in [3.8, 4) is 5.75 Å². The van der Waals surface area contributed by atoms with Crippen molar-refractivity contribution >= 4 is 16.9 Å². The number of aromatic nitrogens is 1. The molecule has 0 N–H and O–H groups in total. The Bertz CT molecular complexity index is 973. The van der Waals surface area contributed by atoms with Crippen LogP contribution in [0.15, 0.2) is 54.7 Å². The summed E-state index contributed by atoms with van der Waals surface area (Å²) in [6.45, 7) is 4.58. The van der Waals surface area contributed by atoms with E-state index in [1.807, 2.05) is 24.4 Å². The molecular weight excluding hydrogens is 364 g/mol. The highest BCUT2D eigenvalue weighted by Gasteiger charge is 2.13. The van der Waals surface area contributed by atoms with Gasteiger partial charge in [-0.05, 0) is 55.6 Å². The molecule has 0 aliphatic carbocycles. The van der Waals surface area contributed by atoms with E-state index < -0.39 is 0 Å². The Hall–Kier alpha value is -2.79. The van der Waals surface area contributed by atoms with Gasteiger partial charge in [0.05, 0.1) is 19.2 Å². The highest BCUT2D eigenvalue weighted by Crippen LogP contribution is 2.23. The molecule has 0 unspecified atom stereocenters. The number of methoxy groups -OCH3 is 1. The number of esters is 1. The van der Waals surface area contributed by atoms with Crippen molar-refractivity contribution in [1.29, 1.82) is 0 Å². The fraction of sp³-hybridized carbons (Fsp3) is 0.375. The molecule has 0 spiro atoms. The summed E-state index contributed by atoms with van der Waals surface area (Å²) in [6.07, 6.45) is 5.96. The van der Waals surface area contributed by atoms with Crippen LogP contribution >= 0.6 is 0 Å². The van der Waals surface area contributed by atoms with Crippen LogP contribution in [0.1, 0.15) is 35.2 Å². The molecule has 5 nitrogen and oxygen atoms in total. The standard InChI is InChI=1S/C24H28N2O3/c1-28-24(27)20-10-9-19-11-14-26(22(19)17-20)15-16-29-23-8-4-3-7-21(23)18-25-12-5-2-6-13-25/h3-4,7-11,14,17H,2,5-6,12-13,15-16,18H2,1H3. The lowest BCUT2D eigenvalue weighted by Gasteiger charge is -2.27. The van der Waals surface area contributed by atoms with Gasteiger partial charge in [0.25, 0.3) is 0 Å². The van der Waals surface area contributed by atoms with Gasteiger partial charge in [-0.2, -0.15) is 0 Å². The average molecular weight is 392 g/mol. The second kappa shape index (κ2) is 9.14. The van der Waals surface area contributed by atoms with Gasteiger partial charge < -0.3 is 14.0 Å². The van der Waals surface area contributed by atoms with Crippen LogP contribution < -0.4 is 4.74 Å². The molecule has 1 aromatic heterocycles. The van der Waals surface area contributed by atoms with Crippen LogP contribution in [-0.2, 0) is 17.8 Å². The summed E-state index contributed by atoms with van der Waals surface area (Å²) in [6, 6.07) is 16.0. The number of likely N-dealkylation sites (tertiary alicyclic amines) is 1. The third-order valence-corrected chi connectivity index (χ3v) is 5.60. The van der Waals surface area contributed by atoms with E-state index in [0.29, 0.717) is 18.7 Å². The molecule has 0 atom stereocenters. The second-order valence-corrected chi connectivity index (χ2v) is 7.57. The zero-order valence-electron chi connectivity index (χ0n) is 17.0. The largest absolute Gasteiger partial charge is 0.491 e. The third kappa shape index (κ3) is 4.62.